The monoisotopic (exact) mass is 447 g/mol. The van der Waals surface area contributed by atoms with Gasteiger partial charge in [0.25, 0.3) is 5.56 Å². The molecule has 0 atom stereocenters. The summed E-state index contributed by atoms with van der Waals surface area (Å²) >= 11 is 5.99. The molecule has 0 unspecified atom stereocenters. The van der Waals surface area contributed by atoms with Crippen LogP contribution in [0.2, 0.25) is 5.02 Å². The third-order valence-corrected chi connectivity index (χ3v) is 3.89. The number of ether oxygens (including phenoxy) is 3. The highest BCUT2D eigenvalue weighted by Gasteiger charge is 2.29. The van der Waals surface area contributed by atoms with E-state index < -0.39 is 29.9 Å². The van der Waals surface area contributed by atoms with Gasteiger partial charge in [0.05, 0.1) is 13.3 Å². The largest absolute Gasteiger partial charge is 0.495 e. The summed E-state index contributed by atoms with van der Waals surface area (Å²) in [6, 6.07) is 5.14. The van der Waals surface area contributed by atoms with Crippen LogP contribution in [0.1, 0.15) is 20.8 Å². The van der Waals surface area contributed by atoms with Gasteiger partial charge in [0.2, 0.25) is 0 Å². The van der Waals surface area contributed by atoms with Gasteiger partial charge in [-0.05, 0) is 39.0 Å². The highest BCUT2D eigenvalue weighted by Crippen LogP contribution is 2.37. The van der Waals surface area contributed by atoms with Crippen LogP contribution in [0.4, 0.5) is 13.2 Å². The van der Waals surface area contributed by atoms with E-state index in [9.17, 15) is 22.8 Å². The van der Waals surface area contributed by atoms with Gasteiger partial charge < -0.3 is 18.8 Å². The number of halogens is 4. The number of carbonyl (C=O) groups excluding carboxylic acids is 1. The van der Waals surface area contributed by atoms with Gasteiger partial charge in [-0.15, -0.1) is 0 Å². The number of aromatic nitrogens is 1. The molecule has 0 saturated carbocycles. The quantitative estimate of drug-likeness (QED) is 0.612. The van der Waals surface area contributed by atoms with Gasteiger partial charge in [0.1, 0.15) is 23.6 Å². The minimum absolute atomic E-state index is 0.126. The summed E-state index contributed by atoms with van der Waals surface area (Å²) in [6.07, 6.45) is -3.27. The van der Waals surface area contributed by atoms with Crippen molar-refractivity contribution in [3.63, 3.8) is 0 Å². The number of benzene rings is 1. The average Bonchev–Trinajstić information content (AvgIpc) is 2.59. The van der Waals surface area contributed by atoms with Crippen molar-refractivity contribution in [1.82, 2.24) is 4.57 Å². The first kappa shape index (κ1) is 23.6. The first-order chi connectivity index (χ1) is 13.8. The molecule has 0 amide bonds. The lowest BCUT2D eigenvalue weighted by atomic mass is 10.0. The van der Waals surface area contributed by atoms with E-state index >= 15 is 0 Å². The maximum absolute atomic E-state index is 12.6. The molecule has 0 bridgehead atoms. The molecule has 0 N–H and O–H groups in total. The van der Waals surface area contributed by atoms with Gasteiger partial charge in [-0.1, -0.05) is 11.6 Å². The smallest absolute Gasteiger partial charge is 0.422 e. The Balaban J connectivity index is 2.46. The Hall–Kier alpha value is -2.68. The summed E-state index contributed by atoms with van der Waals surface area (Å²) in [7, 11) is 1.32. The van der Waals surface area contributed by atoms with Gasteiger partial charge in [-0.3, -0.25) is 9.59 Å². The molecule has 2 aromatic rings. The Morgan fingerprint density at radius 1 is 1.10 bits per heavy atom. The molecule has 6 nitrogen and oxygen atoms in total. The third-order valence-electron chi connectivity index (χ3n) is 3.65. The molecular weight excluding hydrogens is 427 g/mol. The molecule has 1 aromatic heterocycles. The number of pyridine rings is 1. The number of methoxy groups -OCH3 is 1. The van der Waals surface area contributed by atoms with Crippen LogP contribution in [0.3, 0.4) is 0 Å². The van der Waals surface area contributed by atoms with Crippen LogP contribution in [0.5, 0.6) is 11.5 Å². The minimum atomic E-state index is -4.54. The highest BCUT2D eigenvalue weighted by atomic mass is 35.5. The predicted molar refractivity (Wildman–Crippen MR) is 105 cm³/mol. The second-order valence-corrected chi connectivity index (χ2v) is 7.79. The van der Waals surface area contributed by atoms with E-state index in [2.05, 4.69) is 0 Å². The fourth-order valence-electron chi connectivity index (χ4n) is 2.56. The van der Waals surface area contributed by atoms with E-state index in [-0.39, 0.29) is 34.2 Å². The molecule has 1 aromatic carbocycles. The highest BCUT2D eigenvalue weighted by molar-refractivity contribution is 6.31. The van der Waals surface area contributed by atoms with Crippen LogP contribution in [-0.2, 0) is 16.1 Å². The third kappa shape index (κ3) is 6.69. The maximum Gasteiger partial charge on any atom is 0.422 e. The Morgan fingerprint density at radius 3 is 2.30 bits per heavy atom. The molecule has 2 rings (SSSR count). The van der Waals surface area contributed by atoms with E-state index in [1.165, 1.54) is 31.5 Å². The molecule has 0 fully saturated rings. The van der Waals surface area contributed by atoms with E-state index in [1.54, 1.807) is 20.8 Å². The number of rotatable bonds is 6. The number of nitrogens with zero attached hydrogens (tertiary/aromatic N) is 1. The van der Waals surface area contributed by atoms with E-state index in [1.807, 2.05) is 0 Å². The van der Waals surface area contributed by atoms with Gasteiger partial charge >= 0.3 is 12.1 Å². The van der Waals surface area contributed by atoms with Gasteiger partial charge in [0.15, 0.2) is 6.61 Å². The van der Waals surface area contributed by atoms with Crippen molar-refractivity contribution in [3.05, 3.63) is 45.8 Å². The molecule has 0 aliphatic rings. The zero-order chi connectivity index (χ0) is 22.7. The first-order valence-electron chi connectivity index (χ1n) is 8.79. The van der Waals surface area contributed by atoms with Crippen molar-refractivity contribution >= 4 is 17.6 Å². The Bertz CT molecular complexity index is 980. The molecule has 0 radical (unpaired) electrons. The lowest BCUT2D eigenvalue weighted by molar-refractivity contribution is -0.155. The molecule has 0 spiro atoms. The summed E-state index contributed by atoms with van der Waals surface area (Å²) in [5.41, 5.74) is -0.998. The van der Waals surface area contributed by atoms with Crippen molar-refractivity contribution < 1.29 is 32.2 Å². The minimum Gasteiger partial charge on any atom is -0.495 e. The molecule has 164 valence electrons. The fraction of sp³-hybridized carbons (Fsp3) is 0.400. The van der Waals surface area contributed by atoms with E-state index in [0.29, 0.717) is 0 Å². The van der Waals surface area contributed by atoms with E-state index in [0.717, 1.165) is 10.6 Å². The summed E-state index contributed by atoms with van der Waals surface area (Å²) in [6.45, 7) is 3.20. The Labute approximate surface area is 176 Å². The summed E-state index contributed by atoms with van der Waals surface area (Å²) < 4.78 is 54.2. The van der Waals surface area contributed by atoms with Crippen molar-refractivity contribution in [2.75, 3.05) is 13.7 Å². The lowest BCUT2D eigenvalue weighted by Gasteiger charge is -2.20. The van der Waals surface area contributed by atoms with Crippen LogP contribution < -0.4 is 15.0 Å². The molecule has 10 heteroatoms. The fourth-order valence-corrected chi connectivity index (χ4v) is 2.73. The van der Waals surface area contributed by atoms with Gasteiger partial charge in [-0.2, -0.15) is 13.2 Å². The number of alkyl halides is 3. The normalized spacial score (nSPS) is 11.9. The van der Waals surface area contributed by atoms with Crippen molar-refractivity contribution in [1.29, 1.82) is 0 Å². The van der Waals surface area contributed by atoms with Crippen molar-refractivity contribution in [2.45, 2.75) is 39.1 Å². The molecule has 0 saturated heterocycles. The van der Waals surface area contributed by atoms with Crippen molar-refractivity contribution in [3.8, 4) is 22.6 Å². The Morgan fingerprint density at radius 2 is 1.73 bits per heavy atom. The number of carbonyl (C=O) groups is 1. The molecule has 30 heavy (non-hydrogen) atoms. The van der Waals surface area contributed by atoms with Crippen LogP contribution in [0, 0.1) is 0 Å². The molecule has 1 heterocycles. The number of hydrogen-bond donors (Lipinski definition) is 0. The molecular formula is C20H21ClF3NO5. The predicted octanol–water partition coefficient (Wildman–Crippen LogP) is 4.46. The van der Waals surface area contributed by atoms with E-state index in [4.69, 9.17) is 25.8 Å². The first-order valence-corrected chi connectivity index (χ1v) is 9.16. The summed E-state index contributed by atoms with van der Waals surface area (Å²) in [5, 5.41) is 0.226. The molecule has 0 aliphatic heterocycles. The van der Waals surface area contributed by atoms with Crippen LogP contribution in [0.25, 0.3) is 11.1 Å². The zero-order valence-electron chi connectivity index (χ0n) is 16.8. The van der Waals surface area contributed by atoms with Crippen LogP contribution in [0.15, 0.2) is 35.3 Å². The summed E-state index contributed by atoms with van der Waals surface area (Å²) in [4.78, 5) is 24.6. The summed E-state index contributed by atoms with van der Waals surface area (Å²) in [5.74, 6) is -0.618. The van der Waals surface area contributed by atoms with Crippen molar-refractivity contribution in [2.24, 2.45) is 0 Å². The second kappa shape index (κ2) is 8.99. The molecule has 0 aliphatic carbocycles. The number of hydrogen-bond acceptors (Lipinski definition) is 5. The average molecular weight is 448 g/mol. The van der Waals surface area contributed by atoms with Crippen LogP contribution >= 0.6 is 11.6 Å². The number of esters is 1. The maximum atomic E-state index is 12.6. The lowest BCUT2D eigenvalue weighted by Crippen LogP contribution is -2.30. The van der Waals surface area contributed by atoms with Crippen LogP contribution in [-0.4, -0.2) is 36.0 Å². The standard InChI is InChI=1S/C20H21ClF3NO5/c1-19(2,3)30-18(27)10-25-9-16(28-4)14(8-17(25)26)13-7-12(21)5-6-15(13)29-11-20(22,23)24/h5-9H,10-11H2,1-4H3. The topological polar surface area (TPSA) is 66.8 Å². The van der Waals surface area contributed by atoms with Gasteiger partial charge in [0, 0.05) is 22.2 Å². The zero-order valence-corrected chi connectivity index (χ0v) is 17.6. The second-order valence-electron chi connectivity index (χ2n) is 7.35. The van der Waals surface area contributed by atoms with Gasteiger partial charge in [-0.25, -0.2) is 0 Å². The SMILES string of the molecule is COc1cn(CC(=O)OC(C)(C)C)c(=O)cc1-c1cc(Cl)ccc1OCC(F)(F)F. The Kier molecular flexibility index (Phi) is 7.07.